The number of ketones is 1. The molecule has 0 aromatic heterocycles. The van der Waals surface area contributed by atoms with Crippen LogP contribution >= 0.6 is 0 Å². The summed E-state index contributed by atoms with van der Waals surface area (Å²) in [6.07, 6.45) is 0.917. The van der Waals surface area contributed by atoms with Crippen molar-refractivity contribution in [3.8, 4) is 5.75 Å². The summed E-state index contributed by atoms with van der Waals surface area (Å²) in [5, 5.41) is 0. The van der Waals surface area contributed by atoms with Gasteiger partial charge in [-0.3, -0.25) is 9.69 Å². The molecule has 0 aliphatic carbocycles. The van der Waals surface area contributed by atoms with Crippen LogP contribution in [0.2, 0.25) is 0 Å². The van der Waals surface area contributed by atoms with Crippen molar-refractivity contribution >= 4 is 5.78 Å². The van der Waals surface area contributed by atoms with E-state index in [-0.39, 0.29) is 5.78 Å². The van der Waals surface area contributed by atoms with Gasteiger partial charge in [-0.1, -0.05) is 6.92 Å². The molecule has 0 radical (unpaired) electrons. The topological polar surface area (TPSA) is 32.8 Å². The fraction of sp³-hybridized carbons (Fsp3) is 0.588. The van der Waals surface area contributed by atoms with Crippen LogP contribution < -0.4 is 4.74 Å². The summed E-state index contributed by atoms with van der Waals surface area (Å²) in [5.41, 5.74) is 1.99. The molecule has 4 heteroatoms. The second kappa shape index (κ2) is 5.78. The Morgan fingerprint density at radius 1 is 1.38 bits per heavy atom. The molecule has 1 saturated heterocycles. The highest BCUT2D eigenvalue weighted by Gasteiger charge is 2.31. The molecule has 1 aromatic rings. The van der Waals surface area contributed by atoms with E-state index in [2.05, 4.69) is 30.8 Å². The van der Waals surface area contributed by atoms with Gasteiger partial charge in [0, 0.05) is 31.1 Å². The van der Waals surface area contributed by atoms with Gasteiger partial charge in [0.2, 0.25) is 0 Å². The summed E-state index contributed by atoms with van der Waals surface area (Å²) in [6.45, 7) is 5.51. The number of hydrogen-bond acceptors (Lipinski definition) is 4. The Hall–Kier alpha value is -1.39. The van der Waals surface area contributed by atoms with Crippen LogP contribution in [0.15, 0.2) is 18.2 Å². The summed E-state index contributed by atoms with van der Waals surface area (Å²) in [7, 11) is 4.24. The summed E-state index contributed by atoms with van der Waals surface area (Å²) in [6, 6.07) is 6.39. The van der Waals surface area contributed by atoms with Gasteiger partial charge in [0.15, 0.2) is 5.78 Å². The number of ether oxygens (including phenoxy) is 1. The highest BCUT2D eigenvalue weighted by molar-refractivity contribution is 5.98. The quantitative estimate of drug-likeness (QED) is 0.789. The van der Waals surface area contributed by atoms with E-state index in [1.165, 1.54) is 5.56 Å². The molecule has 1 aromatic carbocycles. The van der Waals surface area contributed by atoms with Crippen LogP contribution in [0.25, 0.3) is 0 Å². The molecule has 2 aliphatic rings. The maximum absolute atomic E-state index is 12.5. The van der Waals surface area contributed by atoms with Crippen molar-refractivity contribution in [2.45, 2.75) is 19.4 Å². The minimum atomic E-state index is 0.219. The van der Waals surface area contributed by atoms with Gasteiger partial charge in [-0.15, -0.1) is 0 Å². The predicted molar refractivity (Wildman–Crippen MR) is 83.1 cm³/mol. The molecule has 2 heterocycles. The zero-order valence-corrected chi connectivity index (χ0v) is 13.1. The van der Waals surface area contributed by atoms with Gasteiger partial charge in [-0.2, -0.15) is 0 Å². The Morgan fingerprint density at radius 2 is 2.19 bits per heavy atom. The number of carbonyl (C=O) groups excluding carboxylic acids is 1. The van der Waals surface area contributed by atoms with Gasteiger partial charge >= 0.3 is 0 Å². The van der Waals surface area contributed by atoms with Gasteiger partial charge in [0.05, 0.1) is 13.2 Å². The molecular weight excluding hydrogens is 264 g/mol. The van der Waals surface area contributed by atoms with Gasteiger partial charge in [0.25, 0.3) is 0 Å². The third-order valence-electron chi connectivity index (χ3n) is 4.69. The predicted octanol–water partition coefficient (Wildman–Crippen LogP) is 1.69. The van der Waals surface area contributed by atoms with E-state index in [0.717, 1.165) is 37.4 Å². The molecule has 114 valence electrons. The Kier molecular flexibility index (Phi) is 4.00. The van der Waals surface area contributed by atoms with E-state index in [1.807, 2.05) is 18.2 Å². The molecule has 1 fully saturated rings. The fourth-order valence-electron chi connectivity index (χ4n) is 3.50. The maximum Gasteiger partial charge on any atom is 0.176 e. The van der Waals surface area contributed by atoms with Crippen LogP contribution in [-0.2, 0) is 6.42 Å². The molecule has 2 atom stereocenters. The first kappa shape index (κ1) is 14.5. The molecule has 2 unspecified atom stereocenters. The van der Waals surface area contributed by atoms with E-state index in [9.17, 15) is 4.79 Å². The summed E-state index contributed by atoms with van der Waals surface area (Å²) in [5.74, 6) is 1.77. The van der Waals surface area contributed by atoms with Gasteiger partial charge in [-0.25, -0.2) is 0 Å². The number of likely N-dealkylation sites (N-methyl/N-ethyl adjacent to an activating group) is 1. The number of hydrogen-bond donors (Lipinski definition) is 0. The molecule has 0 saturated carbocycles. The molecular formula is C17H24N2O2. The lowest BCUT2D eigenvalue weighted by atomic mass is 10.1. The first-order chi connectivity index (χ1) is 10.0. The van der Waals surface area contributed by atoms with Crippen LogP contribution in [0.4, 0.5) is 0 Å². The first-order valence-electron chi connectivity index (χ1n) is 7.72. The van der Waals surface area contributed by atoms with Crippen molar-refractivity contribution in [2.75, 3.05) is 40.3 Å². The third kappa shape index (κ3) is 2.97. The summed E-state index contributed by atoms with van der Waals surface area (Å²) >= 11 is 0. The zero-order chi connectivity index (χ0) is 15.0. The number of benzene rings is 1. The number of rotatable bonds is 4. The van der Waals surface area contributed by atoms with Gasteiger partial charge in [0.1, 0.15) is 5.75 Å². The van der Waals surface area contributed by atoms with Gasteiger partial charge in [-0.05, 0) is 43.8 Å². The number of nitrogens with zero attached hydrogens (tertiary/aromatic N) is 2. The Labute approximate surface area is 126 Å². The molecule has 2 aliphatic heterocycles. The second-order valence-electron chi connectivity index (χ2n) is 6.55. The van der Waals surface area contributed by atoms with Crippen LogP contribution in [0.1, 0.15) is 22.8 Å². The maximum atomic E-state index is 12.5. The molecule has 4 nitrogen and oxygen atoms in total. The van der Waals surface area contributed by atoms with Crippen LogP contribution in [-0.4, -0.2) is 62.0 Å². The second-order valence-corrected chi connectivity index (χ2v) is 6.55. The van der Waals surface area contributed by atoms with E-state index in [1.54, 1.807) is 0 Å². The minimum Gasteiger partial charge on any atom is -0.493 e. The first-order valence-corrected chi connectivity index (χ1v) is 7.72. The van der Waals surface area contributed by atoms with E-state index < -0.39 is 0 Å². The van der Waals surface area contributed by atoms with Crippen molar-refractivity contribution in [3.05, 3.63) is 29.3 Å². The van der Waals surface area contributed by atoms with Crippen LogP contribution in [0.3, 0.4) is 0 Å². The Bertz CT molecular complexity index is 542. The normalized spacial score (nSPS) is 25.1. The lowest BCUT2D eigenvalue weighted by molar-refractivity contribution is 0.0941. The number of fused-ring (bicyclic) bond motifs is 1. The average molecular weight is 288 g/mol. The average Bonchev–Trinajstić information content (AvgIpc) is 3.04. The van der Waals surface area contributed by atoms with Crippen molar-refractivity contribution in [3.63, 3.8) is 0 Å². The van der Waals surface area contributed by atoms with E-state index >= 15 is 0 Å². The molecule has 0 bridgehead atoms. The van der Waals surface area contributed by atoms with Gasteiger partial charge < -0.3 is 9.64 Å². The highest BCUT2D eigenvalue weighted by atomic mass is 16.5. The summed E-state index contributed by atoms with van der Waals surface area (Å²) < 4.78 is 5.49. The van der Waals surface area contributed by atoms with Crippen molar-refractivity contribution in [1.29, 1.82) is 0 Å². The smallest absolute Gasteiger partial charge is 0.176 e. The third-order valence-corrected chi connectivity index (χ3v) is 4.69. The molecule has 0 amide bonds. The van der Waals surface area contributed by atoms with E-state index in [4.69, 9.17) is 4.74 Å². The zero-order valence-electron chi connectivity index (χ0n) is 13.1. The summed E-state index contributed by atoms with van der Waals surface area (Å²) in [4.78, 5) is 17.0. The van der Waals surface area contributed by atoms with E-state index in [0.29, 0.717) is 18.5 Å². The number of carbonyl (C=O) groups is 1. The van der Waals surface area contributed by atoms with Crippen molar-refractivity contribution < 1.29 is 9.53 Å². The highest BCUT2D eigenvalue weighted by Crippen LogP contribution is 2.26. The lowest BCUT2D eigenvalue weighted by Crippen LogP contribution is -2.35. The minimum absolute atomic E-state index is 0.219. The van der Waals surface area contributed by atoms with Crippen LogP contribution in [0, 0.1) is 5.92 Å². The standard InChI is InChI=1S/C17H24N2O2/c1-12-9-19(10-15(12)18(2)3)11-16(20)13-4-5-17-14(8-13)6-7-21-17/h4-5,8,12,15H,6-7,9-11H2,1-3H3. The van der Waals surface area contributed by atoms with Crippen molar-refractivity contribution in [2.24, 2.45) is 5.92 Å². The molecule has 0 spiro atoms. The fourth-order valence-corrected chi connectivity index (χ4v) is 3.50. The van der Waals surface area contributed by atoms with Crippen molar-refractivity contribution in [1.82, 2.24) is 9.80 Å². The molecule has 3 rings (SSSR count). The molecule has 0 N–H and O–H groups in total. The monoisotopic (exact) mass is 288 g/mol. The lowest BCUT2D eigenvalue weighted by Gasteiger charge is -2.22. The molecule has 21 heavy (non-hydrogen) atoms. The number of likely N-dealkylation sites (tertiary alicyclic amines) is 1. The SMILES string of the molecule is CC1CN(CC(=O)c2ccc3c(c2)CCO3)CC1N(C)C. The number of Topliss-reactive ketones (excluding diaryl/α,β-unsaturated/α-hetero) is 1. The largest absolute Gasteiger partial charge is 0.493 e. The Morgan fingerprint density at radius 3 is 2.90 bits per heavy atom. The van der Waals surface area contributed by atoms with Crippen LogP contribution in [0.5, 0.6) is 5.75 Å². The Balaban J connectivity index is 1.64.